The molecule has 0 bridgehead atoms. The Bertz CT molecular complexity index is 1270. The number of carbonyl (C=O) groups excluding carboxylic acids is 1. The molecule has 1 N–H and O–H groups in total. The van der Waals surface area contributed by atoms with Crippen LogP contribution in [-0.2, 0) is 17.8 Å². The van der Waals surface area contributed by atoms with Crippen molar-refractivity contribution in [2.75, 3.05) is 19.8 Å². The third-order valence-corrected chi connectivity index (χ3v) is 6.31. The molecule has 6 heteroatoms. The van der Waals surface area contributed by atoms with Crippen LogP contribution in [0.15, 0.2) is 72.8 Å². The summed E-state index contributed by atoms with van der Waals surface area (Å²) in [5, 5.41) is 2.93. The van der Waals surface area contributed by atoms with E-state index in [-0.39, 0.29) is 12.5 Å². The summed E-state index contributed by atoms with van der Waals surface area (Å²) >= 11 is 0. The predicted octanol–water partition coefficient (Wildman–Crippen LogP) is 5.64. The summed E-state index contributed by atoms with van der Waals surface area (Å²) in [5.41, 5.74) is 4.66. The van der Waals surface area contributed by atoms with E-state index < -0.39 is 0 Å². The fourth-order valence-corrected chi connectivity index (χ4v) is 4.15. The van der Waals surface area contributed by atoms with Gasteiger partial charge in [-0.15, -0.1) is 0 Å². The van der Waals surface area contributed by atoms with Gasteiger partial charge in [-0.1, -0.05) is 42.8 Å². The molecule has 4 aromatic rings. The SMILES string of the molecule is Cc1ccc(OCCn2c(CCCCCNC(=O)COc3ccccc3)nc3ccccc32)cc1C. The highest BCUT2D eigenvalue weighted by Crippen LogP contribution is 2.20. The van der Waals surface area contributed by atoms with Crippen molar-refractivity contribution < 1.29 is 14.3 Å². The molecular formula is C30H35N3O3. The zero-order chi connectivity index (χ0) is 25.2. The summed E-state index contributed by atoms with van der Waals surface area (Å²) < 4.78 is 13.8. The summed E-state index contributed by atoms with van der Waals surface area (Å²) in [6, 6.07) is 23.9. The Kier molecular flexibility index (Phi) is 8.98. The molecule has 0 fully saturated rings. The normalized spacial score (nSPS) is 10.9. The van der Waals surface area contributed by atoms with Crippen molar-refractivity contribution in [3.05, 3.63) is 89.7 Å². The second kappa shape index (κ2) is 12.8. The van der Waals surface area contributed by atoms with Crippen molar-refractivity contribution in [1.29, 1.82) is 0 Å². The second-order valence-corrected chi connectivity index (χ2v) is 9.03. The van der Waals surface area contributed by atoms with Crippen LogP contribution in [0.3, 0.4) is 0 Å². The number of rotatable bonds is 13. The van der Waals surface area contributed by atoms with E-state index in [0.29, 0.717) is 18.9 Å². The molecule has 0 atom stereocenters. The van der Waals surface area contributed by atoms with Crippen molar-refractivity contribution in [1.82, 2.24) is 14.9 Å². The first-order chi connectivity index (χ1) is 17.6. The van der Waals surface area contributed by atoms with Gasteiger partial charge in [-0.3, -0.25) is 4.79 Å². The van der Waals surface area contributed by atoms with Gasteiger partial charge in [0.2, 0.25) is 0 Å². The van der Waals surface area contributed by atoms with E-state index in [0.717, 1.165) is 54.8 Å². The average molecular weight is 486 g/mol. The average Bonchev–Trinajstić information content (AvgIpc) is 3.25. The van der Waals surface area contributed by atoms with Crippen LogP contribution < -0.4 is 14.8 Å². The Labute approximate surface area is 213 Å². The standard InChI is InChI=1S/C30H35N3O3/c1-23-16-17-26(21-24(23)2)35-20-19-33-28-14-9-8-13-27(28)32-29(33)15-7-4-10-18-31-30(34)22-36-25-11-5-3-6-12-25/h3,5-6,8-9,11-14,16-17,21H,4,7,10,15,18-20,22H2,1-2H3,(H,31,34). The second-order valence-electron chi connectivity index (χ2n) is 9.03. The lowest BCUT2D eigenvalue weighted by Crippen LogP contribution is -2.29. The van der Waals surface area contributed by atoms with Gasteiger partial charge in [-0.2, -0.15) is 0 Å². The van der Waals surface area contributed by atoms with Crippen molar-refractivity contribution >= 4 is 16.9 Å². The van der Waals surface area contributed by atoms with Crippen molar-refractivity contribution in [3.63, 3.8) is 0 Å². The molecular weight excluding hydrogens is 450 g/mol. The molecule has 0 radical (unpaired) electrons. The third kappa shape index (κ3) is 7.11. The number of nitrogens with one attached hydrogen (secondary N) is 1. The summed E-state index contributed by atoms with van der Waals surface area (Å²) in [4.78, 5) is 16.9. The lowest BCUT2D eigenvalue weighted by molar-refractivity contribution is -0.123. The molecule has 1 aromatic heterocycles. The zero-order valence-corrected chi connectivity index (χ0v) is 21.2. The Morgan fingerprint density at radius 2 is 1.67 bits per heavy atom. The van der Waals surface area contributed by atoms with Crippen LogP contribution in [0, 0.1) is 13.8 Å². The molecule has 4 rings (SSSR count). The molecule has 3 aromatic carbocycles. The first-order valence-corrected chi connectivity index (χ1v) is 12.7. The van der Waals surface area contributed by atoms with Gasteiger partial charge in [-0.05, 0) is 74.2 Å². The molecule has 6 nitrogen and oxygen atoms in total. The van der Waals surface area contributed by atoms with E-state index in [1.165, 1.54) is 11.1 Å². The van der Waals surface area contributed by atoms with E-state index in [1.54, 1.807) is 0 Å². The number of amides is 1. The number of hydrogen-bond acceptors (Lipinski definition) is 4. The monoisotopic (exact) mass is 485 g/mol. The molecule has 0 unspecified atom stereocenters. The molecule has 1 amide bonds. The number of nitrogens with zero attached hydrogens (tertiary/aromatic N) is 2. The van der Waals surface area contributed by atoms with E-state index in [1.807, 2.05) is 42.5 Å². The number of para-hydroxylation sites is 3. The zero-order valence-electron chi connectivity index (χ0n) is 21.2. The summed E-state index contributed by atoms with van der Waals surface area (Å²) in [7, 11) is 0. The Hall–Kier alpha value is -3.80. The Morgan fingerprint density at radius 1 is 0.861 bits per heavy atom. The van der Waals surface area contributed by atoms with Gasteiger partial charge in [0.1, 0.15) is 23.9 Å². The lowest BCUT2D eigenvalue weighted by atomic mass is 10.1. The highest BCUT2D eigenvalue weighted by atomic mass is 16.5. The largest absolute Gasteiger partial charge is 0.492 e. The molecule has 1 heterocycles. The summed E-state index contributed by atoms with van der Waals surface area (Å²) in [6.07, 6.45) is 3.84. The highest BCUT2D eigenvalue weighted by molar-refractivity contribution is 5.77. The molecule has 36 heavy (non-hydrogen) atoms. The number of benzene rings is 3. The van der Waals surface area contributed by atoms with Gasteiger partial charge < -0.3 is 19.4 Å². The van der Waals surface area contributed by atoms with Crippen LogP contribution in [0.1, 0.15) is 36.2 Å². The summed E-state index contributed by atoms with van der Waals surface area (Å²) in [6.45, 7) is 6.24. The minimum atomic E-state index is -0.0931. The molecule has 0 spiro atoms. The summed E-state index contributed by atoms with van der Waals surface area (Å²) in [5.74, 6) is 2.60. The Balaban J connectivity index is 1.22. The Morgan fingerprint density at radius 3 is 2.50 bits per heavy atom. The maximum Gasteiger partial charge on any atom is 0.257 e. The number of aromatic nitrogens is 2. The van der Waals surface area contributed by atoms with E-state index >= 15 is 0 Å². The van der Waals surface area contributed by atoms with Crippen molar-refractivity contribution in [2.45, 2.75) is 46.1 Å². The maximum atomic E-state index is 12.0. The number of fused-ring (bicyclic) bond motifs is 1. The van der Waals surface area contributed by atoms with Gasteiger partial charge >= 0.3 is 0 Å². The lowest BCUT2D eigenvalue weighted by Gasteiger charge is -2.12. The van der Waals surface area contributed by atoms with Gasteiger partial charge in [0.15, 0.2) is 6.61 Å². The maximum absolute atomic E-state index is 12.0. The molecule has 0 aliphatic rings. The van der Waals surface area contributed by atoms with Gasteiger partial charge in [0, 0.05) is 13.0 Å². The first kappa shape index (κ1) is 25.3. The van der Waals surface area contributed by atoms with E-state index in [9.17, 15) is 4.79 Å². The van der Waals surface area contributed by atoms with Gasteiger partial charge in [0.05, 0.1) is 17.6 Å². The van der Waals surface area contributed by atoms with Crippen LogP contribution in [0.4, 0.5) is 0 Å². The number of unbranched alkanes of at least 4 members (excludes halogenated alkanes) is 2. The number of hydrogen-bond donors (Lipinski definition) is 1. The molecule has 0 aliphatic carbocycles. The minimum absolute atomic E-state index is 0.0399. The number of aryl methyl sites for hydroxylation is 3. The number of carbonyl (C=O) groups is 1. The van der Waals surface area contributed by atoms with E-state index in [4.69, 9.17) is 14.5 Å². The van der Waals surface area contributed by atoms with E-state index in [2.05, 4.69) is 54.1 Å². The molecule has 0 saturated heterocycles. The first-order valence-electron chi connectivity index (χ1n) is 12.7. The highest BCUT2D eigenvalue weighted by Gasteiger charge is 2.11. The van der Waals surface area contributed by atoms with Crippen LogP contribution in [-0.4, -0.2) is 35.2 Å². The fourth-order valence-electron chi connectivity index (χ4n) is 4.15. The van der Waals surface area contributed by atoms with Crippen LogP contribution in [0.2, 0.25) is 0 Å². The van der Waals surface area contributed by atoms with Crippen molar-refractivity contribution in [2.24, 2.45) is 0 Å². The fraction of sp³-hybridized carbons (Fsp3) is 0.333. The van der Waals surface area contributed by atoms with Gasteiger partial charge in [-0.25, -0.2) is 4.98 Å². The van der Waals surface area contributed by atoms with Gasteiger partial charge in [0.25, 0.3) is 5.91 Å². The third-order valence-electron chi connectivity index (χ3n) is 6.31. The quantitative estimate of drug-likeness (QED) is 0.249. The topological polar surface area (TPSA) is 65.4 Å². The number of imidazole rings is 1. The predicted molar refractivity (Wildman–Crippen MR) is 144 cm³/mol. The number of ether oxygens (including phenoxy) is 2. The van der Waals surface area contributed by atoms with Crippen molar-refractivity contribution in [3.8, 4) is 11.5 Å². The molecule has 0 saturated carbocycles. The molecule has 0 aliphatic heterocycles. The van der Waals surface area contributed by atoms with Crippen LogP contribution in [0.5, 0.6) is 11.5 Å². The smallest absolute Gasteiger partial charge is 0.257 e. The molecule has 188 valence electrons. The minimum Gasteiger partial charge on any atom is -0.492 e. The van der Waals surface area contributed by atoms with Crippen LogP contribution >= 0.6 is 0 Å². The van der Waals surface area contributed by atoms with Crippen LogP contribution in [0.25, 0.3) is 11.0 Å².